The van der Waals surface area contributed by atoms with Crippen LogP contribution in [0, 0.1) is 0 Å². The Balaban J connectivity index is 1.71. The third-order valence-corrected chi connectivity index (χ3v) is 6.85. The van der Waals surface area contributed by atoms with Crippen LogP contribution in [-0.2, 0) is 15.4 Å². The lowest BCUT2D eigenvalue weighted by molar-refractivity contribution is 0.0940. The average Bonchev–Trinajstić information content (AvgIpc) is 2.75. The zero-order valence-corrected chi connectivity index (χ0v) is 20.1. The van der Waals surface area contributed by atoms with Gasteiger partial charge in [0.25, 0.3) is 15.9 Å². The maximum Gasteiger partial charge on any atom is 0.261 e. The monoisotopic (exact) mass is 470 g/mol. The number of hydrogen-bond acceptors (Lipinski definition) is 3. The van der Waals surface area contributed by atoms with Crippen LogP contribution in [0.5, 0.6) is 0 Å². The first-order valence-electron chi connectivity index (χ1n) is 10.3. The molecule has 3 aromatic carbocycles. The largest absolute Gasteiger partial charge is 0.346 e. The Kier molecular flexibility index (Phi) is 6.96. The van der Waals surface area contributed by atoms with E-state index < -0.39 is 10.0 Å². The van der Waals surface area contributed by atoms with Gasteiger partial charge in [0.2, 0.25) is 0 Å². The van der Waals surface area contributed by atoms with E-state index in [9.17, 15) is 13.2 Å². The lowest BCUT2D eigenvalue weighted by atomic mass is 9.86. The van der Waals surface area contributed by atoms with Crippen molar-refractivity contribution in [3.63, 3.8) is 0 Å². The molecule has 1 amide bonds. The van der Waals surface area contributed by atoms with Crippen molar-refractivity contribution in [2.45, 2.75) is 44.0 Å². The number of anilines is 1. The first-order chi connectivity index (χ1) is 15.0. The van der Waals surface area contributed by atoms with Gasteiger partial charge in [-0.25, -0.2) is 8.42 Å². The van der Waals surface area contributed by atoms with E-state index in [0.29, 0.717) is 5.56 Å². The molecule has 0 saturated heterocycles. The third kappa shape index (κ3) is 5.69. The summed E-state index contributed by atoms with van der Waals surface area (Å²) in [5, 5.41) is 3.09. The molecule has 7 heteroatoms. The summed E-state index contributed by atoms with van der Waals surface area (Å²) in [6, 6.07) is 20.5. The van der Waals surface area contributed by atoms with E-state index in [-0.39, 0.29) is 33.0 Å². The van der Waals surface area contributed by atoms with Gasteiger partial charge in [-0.2, -0.15) is 0 Å². The first kappa shape index (κ1) is 23.8. The van der Waals surface area contributed by atoms with Crippen LogP contribution in [0.25, 0.3) is 0 Å². The van der Waals surface area contributed by atoms with E-state index in [1.807, 2.05) is 19.1 Å². The van der Waals surface area contributed by atoms with Crippen LogP contribution >= 0.6 is 11.6 Å². The van der Waals surface area contributed by atoms with Crippen LogP contribution in [0.2, 0.25) is 5.02 Å². The van der Waals surface area contributed by atoms with Crippen LogP contribution in [0.3, 0.4) is 0 Å². The molecule has 0 unspecified atom stereocenters. The zero-order valence-electron chi connectivity index (χ0n) is 18.5. The molecule has 3 rings (SSSR count). The standard InChI is InChI=1S/C25H27ClN2O3S/c1-17(18-10-13-20(14-11-18)25(2,3)4)27-24(29)19-12-15-23(22(26)16-19)28-32(30,31)21-8-6-5-7-9-21/h5-17,28H,1-4H3,(H,27,29)/t17-/m1/s1. The van der Waals surface area contributed by atoms with Gasteiger partial charge in [-0.1, -0.05) is 74.8 Å². The third-order valence-electron chi connectivity index (χ3n) is 5.15. The van der Waals surface area contributed by atoms with E-state index in [4.69, 9.17) is 11.6 Å². The van der Waals surface area contributed by atoms with E-state index in [0.717, 1.165) is 5.56 Å². The number of carbonyl (C=O) groups excluding carboxylic acids is 1. The zero-order chi connectivity index (χ0) is 23.5. The molecule has 0 bridgehead atoms. The minimum Gasteiger partial charge on any atom is -0.346 e. The molecule has 0 radical (unpaired) electrons. The van der Waals surface area contributed by atoms with Crippen LogP contribution in [0.4, 0.5) is 5.69 Å². The summed E-state index contributed by atoms with van der Waals surface area (Å²) in [6.07, 6.45) is 0. The number of hydrogen-bond donors (Lipinski definition) is 2. The summed E-state index contributed by atoms with van der Waals surface area (Å²) in [6.45, 7) is 8.37. The number of benzene rings is 3. The minimum absolute atomic E-state index is 0.0610. The molecular formula is C25H27ClN2O3S. The molecule has 32 heavy (non-hydrogen) atoms. The average molecular weight is 471 g/mol. The summed E-state index contributed by atoms with van der Waals surface area (Å²) in [4.78, 5) is 12.8. The minimum atomic E-state index is -3.77. The van der Waals surface area contributed by atoms with Gasteiger partial charge in [0.05, 0.1) is 21.6 Å². The fraction of sp³-hybridized carbons (Fsp3) is 0.240. The van der Waals surface area contributed by atoms with Gasteiger partial charge in [0.15, 0.2) is 0 Å². The predicted molar refractivity (Wildman–Crippen MR) is 130 cm³/mol. The van der Waals surface area contributed by atoms with Crippen LogP contribution < -0.4 is 10.0 Å². The van der Waals surface area contributed by atoms with Crippen molar-refractivity contribution in [2.24, 2.45) is 0 Å². The number of nitrogens with one attached hydrogen (secondary N) is 2. The maximum absolute atomic E-state index is 12.7. The van der Waals surface area contributed by atoms with Crippen molar-refractivity contribution in [3.8, 4) is 0 Å². The Hall–Kier alpha value is -2.83. The van der Waals surface area contributed by atoms with Gasteiger partial charge in [-0.05, 0) is 53.8 Å². The Morgan fingerprint density at radius 2 is 1.56 bits per heavy atom. The van der Waals surface area contributed by atoms with Crippen LogP contribution in [0.15, 0.2) is 77.7 Å². The highest BCUT2D eigenvalue weighted by molar-refractivity contribution is 7.92. The van der Waals surface area contributed by atoms with E-state index in [1.54, 1.807) is 24.3 Å². The Morgan fingerprint density at radius 3 is 2.12 bits per heavy atom. The second kappa shape index (κ2) is 9.35. The molecule has 1 atom stereocenters. The van der Waals surface area contributed by atoms with Gasteiger partial charge in [0.1, 0.15) is 0 Å². The number of halogens is 1. The fourth-order valence-electron chi connectivity index (χ4n) is 3.18. The Morgan fingerprint density at radius 1 is 0.938 bits per heavy atom. The van der Waals surface area contributed by atoms with Crippen molar-refractivity contribution in [1.29, 1.82) is 0 Å². The van der Waals surface area contributed by atoms with Crippen molar-refractivity contribution in [3.05, 3.63) is 94.5 Å². The van der Waals surface area contributed by atoms with Crippen LogP contribution in [-0.4, -0.2) is 14.3 Å². The molecule has 0 saturated carbocycles. The lowest BCUT2D eigenvalue weighted by Crippen LogP contribution is -2.26. The molecule has 2 N–H and O–H groups in total. The van der Waals surface area contributed by atoms with E-state index >= 15 is 0 Å². The molecule has 5 nitrogen and oxygen atoms in total. The normalized spacial score (nSPS) is 12.8. The summed E-state index contributed by atoms with van der Waals surface area (Å²) in [5.74, 6) is -0.295. The smallest absolute Gasteiger partial charge is 0.261 e. The molecular weight excluding hydrogens is 444 g/mol. The molecule has 3 aromatic rings. The highest BCUT2D eigenvalue weighted by atomic mass is 35.5. The Bertz CT molecular complexity index is 1200. The van der Waals surface area contributed by atoms with Crippen LogP contribution in [0.1, 0.15) is 55.2 Å². The number of rotatable bonds is 6. The topological polar surface area (TPSA) is 75.3 Å². The molecule has 0 aliphatic rings. The quantitative estimate of drug-likeness (QED) is 0.468. The Labute approximate surface area is 194 Å². The molecule has 0 aliphatic heterocycles. The van der Waals surface area contributed by atoms with E-state index in [2.05, 4.69) is 42.9 Å². The fourth-order valence-corrected chi connectivity index (χ4v) is 4.56. The number of carbonyl (C=O) groups is 1. The summed E-state index contributed by atoms with van der Waals surface area (Å²) in [5.41, 5.74) is 2.82. The van der Waals surface area contributed by atoms with Gasteiger partial charge >= 0.3 is 0 Å². The summed E-state index contributed by atoms with van der Waals surface area (Å²) < 4.78 is 27.5. The van der Waals surface area contributed by atoms with Gasteiger partial charge in [-0.3, -0.25) is 9.52 Å². The predicted octanol–water partition coefficient (Wildman–Crippen LogP) is 5.93. The molecule has 168 valence electrons. The molecule has 0 fully saturated rings. The molecule has 0 heterocycles. The van der Waals surface area contributed by atoms with Gasteiger partial charge in [0, 0.05) is 5.56 Å². The molecule has 0 aliphatic carbocycles. The van der Waals surface area contributed by atoms with Crippen molar-refractivity contribution < 1.29 is 13.2 Å². The summed E-state index contributed by atoms with van der Waals surface area (Å²) >= 11 is 6.27. The number of amides is 1. The van der Waals surface area contributed by atoms with Crippen molar-refractivity contribution >= 4 is 33.2 Å². The van der Waals surface area contributed by atoms with Crippen molar-refractivity contribution in [1.82, 2.24) is 5.32 Å². The van der Waals surface area contributed by atoms with Gasteiger partial charge < -0.3 is 5.32 Å². The highest BCUT2D eigenvalue weighted by Gasteiger charge is 2.18. The van der Waals surface area contributed by atoms with Crippen molar-refractivity contribution in [2.75, 3.05) is 4.72 Å². The molecule has 0 spiro atoms. The van der Waals surface area contributed by atoms with E-state index in [1.165, 1.54) is 29.8 Å². The van der Waals surface area contributed by atoms with Gasteiger partial charge in [-0.15, -0.1) is 0 Å². The SMILES string of the molecule is C[C@@H](NC(=O)c1ccc(NS(=O)(=O)c2ccccc2)c(Cl)c1)c1ccc(C(C)(C)C)cc1. The molecule has 0 aromatic heterocycles. The highest BCUT2D eigenvalue weighted by Crippen LogP contribution is 2.27. The lowest BCUT2D eigenvalue weighted by Gasteiger charge is -2.21. The number of sulfonamides is 1. The summed E-state index contributed by atoms with van der Waals surface area (Å²) in [7, 11) is -3.77. The first-order valence-corrected chi connectivity index (χ1v) is 12.1. The maximum atomic E-state index is 12.7. The second-order valence-electron chi connectivity index (χ2n) is 8.68. The second-order valence-corrected chi connectivity index (χ2v) is 10.8.